The smallest absolute Gasteiger partial charge is 0.427 e. The fourth-order valence-corrected chi connectivity index (χ4v) is 5.65. The Kier molecular flexibility index (Phi) is 7.27. The highest BCUT2D eigenvalue weighted by atomic mass is 32.2. The van der Waals surface area contributed by atoms with Gasteiger partial charge in [-0.15, -0.1) is 0 Å². The first-order valence-corrected chi connectivity index (χ1v) is 13.3. The van der Waals surface area contributed by atoms with E-state index in [9.17, 15) is 44.3 Å². The summed E-state index contributed by atoms with van der Waals surface area (Å²) >= 11 is 0. The largest absolute Gasteiger partial charge is 0.486 e. The third-order valence-electron chi connectivity index (χ3n) is 6.69. The topological polar surface area (TPSA) is 102 Å². The monoisotopic (exact) mass is 594 g/mol. The molecule has 1 saturated carbocycles. The summed E-state index contributed by atoms with van der Waals surface area (Å²) in [6, 6.07) is 6.69. The Morgan fingerprint density at radius 1 is 1.12 bits per heavy atom. The molecule has 4 rings (SSSR count). The number of hydrogen-bond acceptors (Lipinski definition) is 6. The molecule has 40 heavy (non-hydrogen) atoms. The summed E-state index contributed by atoms with van der Waals surface area (Å²) in [7, 11) is -4.65. The van der Waals surface area contributed by atoms with Gasteiger partial charge in [-0.25, -0.2) is 13.2 Å². The van der Waals surface area contributed by atoms with Crippen LogP contribution in [0.15, 0.2) is 47.4 Å². The molecule has 1 aliphatic heterocycles. The van der Waals surface area contributed by atoms with Crippen molar-refractivity contribution in [2.45, 2.75) is 62.1 Å². The van der Waals surface area contributed by atoms with Crippen LogP contribution in [0.1, 0.15) is 38.7 Å². The van der Waals surface area contributed by atoms with Crippen molar-refractivity contribution in [1.82, 2.24) is 0 Å². The molecular formula is C25H24F6N2O6S. The van der Waals surface area contributed by atoms with Crippen LogP contribution in [0, 0.1) is 5.41 Å². The molecule has 1 heterocycles. The number of fused-ring (bicyclic) bond motifs is 1. The lowest BCUT2D eigenvalue weighted by Gasteiger charge is -2.36. The van der Waals surface area contributed by atoms with Gasteiger partial charge in [-0.05, 0) is 69.5 Å². The average Bonchev–Trinajstić information content (AvgIpc) is 3.62. The van der Waals surface area contributed by atoms with Crippen molar-refractivity contribution in [3.63, 3.8) is 0 Å². The second kappa shape index (κ2) is 9.85. The number of nitrogens with one attached hydrogen (secondary N) is 1. The van der Waals surface area contributed by atoms with Crippen LogP contribution >= 0.6 is 0 Å². The molecule has 0 spiro atoms. The van der Waals surface area contributed by atoms with E-state index in [4.69, 9.17) is 4.74 Å². The number of aldehydes is 1. The number of hydrogen-bond donors (Lipinski definition) is 1. The van der Waals surface area contributed by atoms with Crippen molar-refractivity contribution in [3.8, 4) is 5.75 Å². The van der Waals surface area contributed by atoms with Gasteiger partial charge in [-0.3, -0.25) is 9.62 Å². The van der Waals surface area contributed by atoms with Gasteiger partial charge in [0.1, 0.15) is 18.1 Å². The van der Waals surface area contributed by atoms with E-state index in [0.29, 0.717) is 38.8 Å². The normalized spacial score (nSPS) is 18.8. The molecule has 0 saturated heterocycles. The minimum atomic E-state index is -4.88. The Hall–Kier alpha value is -3.49. The van der Waals surface area contributed by atoms with E-state index in [0.717, 1.165) is 28.8 Å². The first kappa shape index (κ1) is 29.5. The predicted octanol–water partition coefficient (Wildman–Crippen LogP) is 5.92. The SMILES string of the molecule is CC(C)(OC(=O)Nc1ccc2c(c1)N(S(=O)(=O)c1cccc(C(F)(F)F)c1)CC(CC1(C=O)CC1)O2)C(F)(F)F. The summed E-state index contributed by atoms with van der Waals surface area (Å²) in [5.74, 6) is -0.0250. The highest BCUT2D eigenvalue weighted by Crippen LogP contribution is 2.50. The van der Waals surface area contributed by atoms with Crippen molar-refractivity contribution in [2.24, 2.45) is 5.41 Å². The average molecular weight is 595 g/mol. The zero-order valence-corrected chi connectivity index (χ0v) is 21.9. The lowest BCUT2D eigenvalue weighted by molar-refractivity contribution is -0.242. The number of anilines is 2. The Labute approximate surface area is 225 Å². The molecule has 8 nitrogen and oxygen atoms in total. The molecule has 2 aromatic carbocycles. The standard InChI is InChI=1S/C25H24F6N2O6S/c1-22(2,25(29,30)31)39-21(35)32-16-6-7-20-19(11-16)33(13-17(38-20)12-23(14-34)8-9-23)40(36,37)18-5-3-4-15(10-18)24(26,27)28/h3-7,10-11,14,17H,8-9,12-13H2,1-2H3,(H,32,35). The van der Waals surface area contributed by atoms with Crippen molar-refractivity contribution in [2.75, 3.05) is 16.2 Å². The molecule has 2 aliphatic rings. The number of amides is 1. The Balaban J connectivity index is 1.70. The number of carbonyl (C=O) groups excluding carboxylic acids is 2. The van der Waals surface area contributed by atoms with E-state index in [1.807, 2.05) is 0 Å². The molecule has 1 atom stereocenters. The lowest BCUT2D eigenvalue weighted by atomic mass is 9.99. The van der Waals surface area contributed by atoms with Crippen LogP contribution in [0.4, 0.5) is 42.5 Å². The first-order chi connectivity index (χ1) is 18.4. The van der Waals surface area contributed by atoms with Gasteiger partial charge in [-0.1, -0.05) is 6.07 Å². The maximum Gasteiger partial charge on any atom is 0.427 e. The second-order valence-corrected chi connectivity index (χ2v) is 12.1. The number of nitrogens with zero attached hydrogens (tertiary/aromatic N) is 1. The lowest BCUT2D eigenvalue weighted by Crippen LogP contribution is -2.45. The molecule has 0 aromatic heterocycles. The van der Waals surface area contributed by atoms with E-state index in [1.54, 1.807) is 0 Å². The van der Waals surface area contributed by atoms with Crippen molar-refractivity contribution >= 4 is 33.8 Å². The minimum absolute atomic E-state index is 0.0250. The fraction of sp³-hybridized carbons (Fsp3) is 0.440. The van der Waals surface area contributed by atoms with E-state index in [1.165, 1.54) is 12.1 Å². The van der Waals surface area contributed by atoms with Crippen LogP contribution in [0.3, 0.4) is 0 Å². The van der Waals surface area contributed by atoms with Crippen LogP contribution in [-0.2, 0) is 25.7 Å². The van der Waals surface area contributed by atoms with E-state index in [2.05, 4.69) is 10.1 Å². The maximum atomic E-state index is 13.7. The van der Waals surface area contributed by atoms with Crippen molar-refractivity contribution in [1.29, 1.82) is 0 Å². The number of ether oxygens (including phenoxy) is 2. The van der Waals surface area contributed by atoms with Gasteiger partial charge >= 0.3 is 18.4 Å². The molecule has 15 heteroatoms. The van der Waals surface area contributed by atoms with Gasteiger partial charge in [-0.2, -0.15) is 26.3 Å². The number of sulfonamides is 1. The van der Waals surface area contributed by atoms with Crippen molar-refractivity contribution < 1.29 is 53.8 Å². The fourth-order valence-electron chi connectivity index (χ4n) is 4.10. The molecule has 1 N–H and O–H groups in total. The molecular weight excluding hydrogens is 570 g/mol. The zero-order chi connectivity index (χ0) is 29.7. The molecule has 218 valence electrons. The number of benzene rings is 2. The van der Waals surface area contributed by atoms with Gasteiger partial charge in [0, 0.05) is 11.1 Å². The zero-order valence-electron chi connectivity index (χ0n) is 21.1. The quantitative estimate of drug-likeness (QED) is 0.316. The van der Waals surface area contributed by atoms with Crippen LogP contribution in [0.5, 0.6) is 5.75 Å². The number of alkyl halides is 6. The van der Waals surface area contributed by atoms with Gasteiger partial charge < -0.3 is 14.3 Å². The van der Waals surface area contributed by atoms with Gasteiger partial charge in [0.2, 0.25) is 5.60 Å². The summed E-state index contributed by atoms with van der Waals surface area (Å²) in [5, 5.41) is 2.10. The van der Waals surface area contributed by atoms with Crippen LogP contribution in [0.2, 0.25) is 0 Å². The number of rotatable bonds is 7. The summed E-state index contributed by atoms with van der Waals surface area (Å²) in [4.78, 5) is 23.0. The Bertz CT molecular complexity index is 1420. The first-order valence-electron chi connectivity index (χ1n) is 11.9. The number of halogens is 6. The van der Waals surface area contributed by atoms with Gasteiger partial charge in [0.05, 0.1) is 22.7 Å². The van der Waals surface area contributed by atoms with Crippen LogP contribution < -0.4 is 14.4 Å². The molecule has 1 aliphatic carbocycles. The Morgan fingerprint density at radius 2 is 1.80 bits per heavy atom. The van der Waals surface area contributed by atoms with Gasteiger partial charge in [0.15, 0.2) is 0 Å². The predicted molar refractivity (Wildman–Crippen MR) is 129 cm³/mol. The summed E-state index contributed by atoms with van der Waals surface area (Å²) in [5.41, 5.74) is -5.07. The molecule has 1 amide bonds. The molecule has 1 fully saturated rings. The molecule has 0 radical (unpaired) electrons. The maximum absolute atomic E-state index is 13.7. The van der Waals surface area contributed by atoms with Gasteiger partial charge in [0.25, 0.3) is 10.0 Å². The molecule has 1 unspecified atom stereocenters. The molecule has 2 aromatic rings. The minimum Gasteiger partial charge on any atom is -0.486 e. The van der Waals surface area contributed by atoms with E-state index >= 15 is 0 Å². The van der Waals surface area contributed by atoms with Crippen molar-refractivity contribution in [3.05, 3.63) is 48.0 Å². The van der Waals surface area contributed by atoms with E-state index in [-0.39, 0.29) is 30.1 Å². The Morgan fingerprint density at radius 3 is 2.38 bits per heavy atom. The van der Waals surface area contributed by atoms with Crippen LogP contribution in [-0.4, -0.2) is 45.2 Å². The summed E-state index contributed by atoms with van der Waals surface area (Å²) < 4.78 is 118. The second-order valence-electron chi connectivity index (χ2n) is 10.2. The third-order valence-corrected chi connectivity index (χ3v) is 8.47. The van der Waals surface area contributed by atoms with Crippen LogP contribution in [0.25, 0.3) is 0 Å². The number of carbonyl (C=O) groups is 2. The molecule has 0 bridgehead atoms. The van der Waals surface area contributed by atoms with E-state index < -0.39 is 56.0 Å². The highest BCUT2D eigenvalue weighted by Gasteiger charge is 2.51. The summed E-state index contributed by atoms with van der Waals surface area (Å²) in [6.07, 6.45) is -9.95. The summed E-state index contributed by atoms with van der Waals surface area (Å²) in [6.45, 7) is 0.904. The highest BCUT2D eigenvalue weighted by molar-refractivity contribution is 7.92. The third kappa shape index (κ3) is 5.98.